The Morgan fingerprint density at radius 2 is 1.48 bits per heavy atom. The molecule has 0 heterocycles. The van der Waals surface area contributed by atoms with Gasteiger partial charge in [-0.05, 0) is 42.4 Å². The van der Waals surface area contributed by atoms with E-state index in [2.05, 4.69) is 58.8 Å². The first-order valence-electron chi connectivity index (χ1n) is 10.0. The predicted octanol–water partition coefficient (Wildman–Crippen LogP) is 3.65. The number of rotatable bonds is 10. The van der Waals surface area contributed by atoms with Gasteiger partial charge in [0, 0.05) is 26.7 Å². The van der Waals surface area contributed by atoms with E-state index >= 15 is 0 Å². The molecule has 172 valence electrons. The number of guanidine groups is 1. The van der Waals surface area contributed by atoms with Crippen LogP contribution in [-0.4, -0.2) is 52.8 Å². The van der Waals surface area contributed by atoms with Crippen molar-refractivity contribution in [1.29, 1.82) is 0 Å². The van der Waals surface area contributed by atoms with Gasteiger partial charge in [0.05, 0.1) is 21.3 Å². The van der Waals surface area contributed by atoms with Crippen LogP contribution in [0.15, 0.2) is 41.4 Å². The first-order valence-corrected chi connectivity index (χ1v) is 10.0. The number of aliphatic imine (C=N–C) groups is 1. The Balaban J connectivity index is 0.00000480. The molecular weight excluding hydrogens is 507 g/mol. The van der Waals surface area contributed by atoms with E-state index in [-0.39, 0.29) is 24.0 Å². The van der Waals surface area contributed by atoms with Crippen LogP contribution in [0.5, 0.6) is 17.2 Å². The van der Waals surface area contributed by atoms with Crippen molar-refractivity contribution >= 4 is 29.9 Å². The van der Waals surface area contributed by atoms with Crippen LogP contribution in [-0.2, 0) is 19.6 Å². The number of ether oxygens (including phenoxy) is 3. The summed E-state index contributed by atoms with van der Waals surface area (Å²) in [5, 5.41) is 6.70. The number of hydrogen-bond donors (Lipinski definition) is 2. The highest BCUT2D eigenvalue weighted by Gasteiger charge is 2.13. The first-order chi connectivity index (χ1) is 14.5. The van der Waals surface area contributed by atoms with Crippen molar-refractivity contribution in [3.63, 3.8) is 0 Å². The molecule has 2 aromatic carbocycles. The molecule has 0 spiro atoms. The average Bonchev–Trinajstić information content (AvgIpc) is 2.78. The van der Waals surface area contributed by atoms with Crippen molar-refractivity contribution in [2.24, 2.45) is 4.99 Å². The van der Waals surface area contributed by atoms with Crippen LogP contribution in [0.3, 0.4) is 0 Å². The smallest absolute Gasteiger partial charge is 0.203 e. The van der Waals surface area contributed by atoms with Gasteiger partial charge < -0.3 is 29.7 Å². The van der Waals surface area contributed by atoms with Gasteiger partial charge in [-0.3, -0.25) is 4.99 Å². The Kier molecular flexibility index (Phi) is 12.1. The van der Waals surface area contributed by atoms with E-state index < -0.39 is 0 Å². The second-order valence-corrected chi connectivity index (χ2v) is 6.96. The Morgan fingerprint density at radius 3 is 2.00 bits per heavy atom. The molecule has 0 saturated carbocycles. The summed E-state index contributed by atoms with van der Waals surface area (Å²) in [5.74, 6) is 2.57. The van der Waals surface area contributed by atoms with Crippen LogP contribution in [0.2, 0.25) is 0 Å². The molecule has 0 aliphatic heterocycles. The van der Waals surface area contributed by atoms with Crippen molar-refractivity contribution in [3.8, 4) is 17.2 Å². The molecule has 7 nitrogen and oxygen atoms in total. The molecule has 0 aromatic heterocycles. The molecule has 0 aliphatic rings. The summed E-state index contributed by atoms with van der Waals surface area (Å²) in [6, 6.07) is 12.5. The number of hydrogen-bond acceptors (Lipinski definition) is 5. The summed E-state index contributed by atoms with van der Waals surface area (Å²) in [6.07, 6.45) is 0. The van der Waals surface area contributed by atoms with Gasteiger partial charge in [-0.2, -0.15) is 0 Å². The third kappa shape index (κ3) is 8.10. The Bertz CT molecular complexity index is 820. The zero-order valence-corrected chi connectivity index (χ0v) is 21.7. The van der Waals surface area contributed by atoms with Gasteiger partial charge in [0.25, 0.3) is 0 Å². The van der Waals surface area contributed by atoms with Crippen LogP contribution < -0.4 is 24.8 Å². The lowest BCUT2D eigenvalue weighted by atomic mass is 10.1. The minimum Gasteiger partial charge on any atom is -0.493 e. The van der Waals surface area contributed by atoms with Gasteiger partial charge in [-0.15, -0.1) is 24.0 Å². The zero-order valence-electron chi connectivity index (χ0n) is 19.3. The summed E-state index contributed by atoms with van der Waals surface area (Å²) in [5.41, 5.74) is 3.52. The van der Waals surface area contributed by atoms with Gasteiger partial charge in [-0.25, -0.2) is 0 Å². The van der Waals surface area contributed by atoms with Crippen LogP contribution in [0.1, 0.15) is 23.6 Å². The molecule has 0 bridgehead atoms. The molecule has 31 heavy (non-hydrogen) atoms. The SMILES string of the molecule is CCN(C)Cc1cccc(CNC(=NC)NCc2cc(OC)c(OC)c(OC)c2)c1.I. The summed E-state index contributed by atoms with van der Waals surface area (Å²) >= 11 is 0. The molecule has 2 N–H and O–H groups in total. The number of halogens is 1. The van der Waals surface area contributed by atoms with E-state index in [9.17, 15) is 0 Å². The largest absolute Gasteiger partial charge is 0.493 e. The van der Waals surface area contributed by atoms with E-state index in [1.54, 1.807) is 28.4 Å². The third-order valence-electron chi connectivity index (χ3n) is 4.85. The molecule has 0 aliphatic carbocycles. The molecule has 0 saturated heterocycles. The standard InChI is InChI=1S/C23H34N4O3.HI/c1-7-27(3)16-18-10-8-9-17(11-18)14-25-23(24-2)26-15-19-12-20(28-4)22(30-6)21(13-19)29-5;/h8-13H,7,14-16H2,1-6H3,(H2,24,25,26);1H. The van der Waals surface area contributed by atoms with E-state index in [1.165, 1.54) is 11.1 Å². The van der Waals surface area contributed by atoms with Gasteiger partial charge in [0.2, 0.25) is 5.75 Å². The highest BCUT2D eigenvalue weighted by molar-refractivity contribution is 14.0. The van der Waals surface area contributed by atoms with Crippen molar-refractivity contribution in [3.05, 3.63) is 53.1 Å². The first kappa shape index (κ1) is 26.8. The molecule has 0 atom stereocenters. The van der Waals surface area contributed by atoms with Crippen LogP contribution in [0.4, 0.5) is 0 Å². The van der Waals surface area contributed by atoms with Crippen LogP contribution in [0.25, 0.3) is 0 Å². The Hall–Kier alpha value is -2.20. The molecule has 0 radical (unpaired) electrons. The molecule has 2 aromatic rings. The van der Waals surface area contributed by atoms with Crippen molar-refractivity contribution in [2.45, 2.75) is 26.6 Å². The molecular formula is C23H35IN4O3. The second kappa shape index (κ2) is 14.0. The molecule has 8 heteroatoms. The zero-order chi connectivity index (χ0) is 21.9. The Morgan fingerprint density at radius 1 is 0.903 bits per heavy atom. The highest BCUT2D eigenvalue weighted by atomic mass is 127. The fraction of sp³-hybridized carbons (Fsp3) is 0.435. The van der Waals surface area contributed by atoms with E-state index in [0.29, 0.717) is 30.3 Å². The van der Waals surface area contributed by atoms with Crippen molar-refractivity contribution in [1.82, 2.24) is 15.5 Å². The van der Waals surface area contributed by atoms with Gasteiger partial charge in [0.15, 0.2) is 17.5 Å². The monoisotopic (exact) mass is 542 g/mol. The minimum absolute atomic E-state index is 0. The molecule has 0 unspecified atom stereocenters. The second-order valence-electron chi connectivity index (χ2n) is 6.96. The van der Waals surface area contributed by atoms with Crippen LogP contribution >= 0.6 is 24.0 Å². The lowest BCUT2D eigenvalue weighted by Gasteiger charge is -2.16. The fourth-order valence-corrected chi connectivity index (χ4v) is 3.09. The quantitative estimate of drug-likeness (QED) is 0.272. The summed E-state index contributed by atoms with van der Waals surface area (Å²) in [4.78, 5) is 6.60. The number of methoxy groups -OCH3 is 3. The van der Waals surface area contributed by atoms with Gasteiger partial charge in [0.1, 0.15) is 0 Å². The topological polar surface area (TPSA) is 67.4 Å². The minimum atomic E-state index is 0. The average molecular weight is 542 g/mol. The van der Waals surface area contributed by atoms with Crippen LogP contribution in [0, 0.1) is 0 Å². The Labute approximate surface area is 203 Å². The summed E-state index contributed by atoms with van der Waals surface area (Å²) < 4.78 is 16.2. The van der Waals surface area contributed by atoms with Gasteiger partial charge in [-0.1, -0.05) is 31.2 Å². The maximum Gasteiger partial charge on any atom is 0.203 e. The molecule has 2 rings (SSSR count). The predicted molar refractivity (Wildman–Crippen MR) is 137 cm³/mol. The number of benzene rings is 2. The maximum atomic E-state index is 5.42. The highest BCUT2D eigenvalue weighted by Crippen LogP contribution is 2.38. The van der Waals surface area contributed by atoms with E-state index in [1.807, 2.05) is 12.1 Å². The van der Waals surface area contributed by atoms with Crippen molar-refractivity contribution < 1.29 is 14.2 Å². The van der Waals surface area contributed by atoms with Crippen molar-refractivity contribution in [2.75, 3.05) is 42.0 Å². The molecule has 0 fully saturated rings. The number of nitrogens with zero attached hydrogens (tertiary/aromatic N) is 2. The maximum absolute atomic E-state index is 5.42. The lowest BCUT2D eigenvalue weighted by Crippen LogP contribution is -2.36. The van der Waals surface area contributed by atoms with E-state index in [0.717, 1.165) is 24.6 Å². The summed E-state index contributed by atoms with van der Waals surface area (Å²) in [6.45, 7) is 5.39. The van der Waals surface area contributed by atoms with E-state index in [4.69, 9.17) is 14.2 Å². The van der Waals surface area contributed by atoms with Gasteiger partial charge >= 0.3 is 0 Å². The fourth-order valence-electron chi connectivity index (χ4n) is 3.09. The molecule has 0 amide bonds. The summed E-state index contributed by atoms with van der Waals surface area (Å²) in [7, 11) is 8.71. The third-order valence-corrected chi connectivity index (χ3v) is 4.85. The normalized spacial score (nSPS) is 11.0. The number of nitrogens with one attached hydrogen (secondary N) is 2. The lowest BCUT2D eigenvalue weighted by molar-refractivity contribution is 0.323.